The summed E-state index contributed by atoms with van der Waals surface area (Å²) in [4.78, 5) is 6.84. The van der Waals surface area contributed by atoms with Crippen LogP contribution in [0.5, 0.6) is 11.5 Å². The third-order valence-corrected chi connectivity index (χ3v) is 5.69. The molecule has 4 N–H and O–H groups in total. The van der Waals surface area contributed by atoms with Crippen LogP contribution in [-0.2, 0) is 6.54 Å². The Hall–Kier alpha value is -2.78. The van der Waals surface area contributed by atoms with Gasteiger partial charge in [-0.2, -0.15) is 0 Å². The van der Waals surface area contributed by atoms with Crippen LogP contribution >= 0.6 is 24.0 Å². The number of aliphatic imine (C=N–C) groups is 1. The fourth-order valence-corrected chi connectivity index (χ4v) is 3.81. The van der Waals surface area contributed by atoms with Crippen molar-refractivity contribution in [1.29, 1.82) is 0 Å². The smallest absolute Gasteiger partial charge is 0.193 e. The predicted molar refractivity (Wildman–Crippen MR) is 146 cm³/mol. The first-order valence-corrected chi connectivity index (χ1v) is 11.0. The van der Waals surface area contributed by atoms with Crippen LogP contribution in [0, 0.1) is 5.92 Å². The summed E-state index contributed by atoms with van der Waals surface area (Å²) in [5.74, 6) is 2.32. The summed E-state index contributed by atoms with van der Waals surface area (Å²) < 4.78 is 5.87. The number of guanidine groups is 1. The average molecular weight is 558 g/mol. The molecule has 0 amide bonds. The van der Waals surface area contributed by atoms with E-state index in [0.717, 1.165) is 48.7 Å². The van der Waals surface area contributed by atoms with Crippen molar-refractivity contribution in [3.8, 4) is 11.5 Å². The zero-order valence-corrected chi connectivity index (χ0v) is 20.9. The van der Waals surface area contributed by atoms with Crippen molar-refractivity contribution in [2.75, 3.05) is 29.9 Å². The summed E-state index contributed by atoms with van der Waals surface area (Å²) in [6.07, 6.45) is 2.09. The fourth-order valence-electron chi connectivity index (χ4n) is 3.81. The third kappa shape index (κ3) is 7.36. The summed E-state index contributed by atoms with van der Waals surface area (Å²) >= 11 is 0. The van der Waals surface area contributed by atoms with E-state index in [9.17, 15) is 5.11 Å². The number of nitrogens with one attached hydrogen (secondary N) is 1. The number of para-hydroxylation sites is 1. The molecule has 3 aromatic carbocycles. The van der Waals surface area contributed by atoms with E-state index in [4.69, 9.17) is 10.5 Å². The number of benzene rings is 3. The van der Waals surface area contributed by atoms with Gasteiger partial charge in [0.15, 0.2) is 5.96 Å². The largest absolute Gasteiger partial charge is 0.457 e. The number of anilines is 2. The van der Waals surface area contributed by atoms with Gasteiger partial charge in [-0.05, 0) is 60.7 Å². The van der Waals surface area contributed by atoms with E-state index in [1.165, 1.54) is 5.69 Å². The number of ether oxygens (including phenoxy) is 1. The monoisotopic (exact) mass is 558 g/mol. The molecular formula is C26H31IN4O2. The topological polar surface area (TPSA) is 83.1 Å². The molecule has 0 atom stereocenters. The van der Waals surface area contributed by atoms with Gasteiger partial charge in [-0.1, -0.05) is 36.4 Å². The first kappa shape index (κ1) is 24.9. The van der Waals surface area contributed by atoms with Gasteiger partial charge in [-0.15, -0.1) is 24.0 Å². The van der Waals surface area contributed by atoms with E-state index >= 15 is 0 Å². The second-order valence-electron chi connectivity index (χ2n) is 8.05. The Labute approximate surface area is 212 Å². The third-order valence-electron chi connectivity index (χ3n) is 5.69. The maximum absolute atomic E-state index is 9.30. The maximum Gasteiger partial charge on any atom is 0.193 e. The second kappa shape index (κ2) is 12.5. The Balaban J connectivity index is 0.00000306. The highest BCUT2D eigenvalue weighted by Gasteiger charge is 2.18. The minimum atomic E-state index is 0. The molecule has 1 heterocycles. The quantitative estimate of drug-likeness (QED) is 0.210. The first-order valence-electron chi connectivity index (χ1n) is 11.0. The minimum absolute atomic E-state index is 0. The van der Waals surface area contributed by atoms with Gasteiger partial charge in [0.25, 0.3) is 0 Å². The standard InChI is InChI=1S/C26H30N4O2.HI/c27-26(29-22-5-4-8-25(17-22)32-24-6-2-1-3-7-24)28-18-20-9-11-23(12-10-20)30-15-13-21(19-31)14-16-30;/h1-12,17,21,31H,13-16,18-19H2,(H3,27,28,29);1H. The van der Waals surface area contributed by atoms with E-state index in [-0.39, 0.29) is 24.0 Å². The number of rotatable bonds is 7. The van der Waals surface area contributed by atoms with E-state index in [1.54, 1.807) is 0 Å². The van der Waals surface area contributed by atoms with Gasteiger partial charge in [0.05, 0.1) is 6.54 Å². The van der Waals surface area contributed by atoms with Crippen LogP contribution in [0.1, 0.15) is 18.4 Å². The van der Waals surface area contributed by atoms with E-state index in [2.05, 4.69) is 39.5 Å². The molecule has 33 heavy (non-hydrogen) atoms. The lowest BCUT2D eigenvalue weighted by Crippen LogP contribution is -2.34. The molecule has 6 nitrogen and oxygen atoms in total. The van der Waals surface area contributed by atoms with Gasteiger partial charge in [0.1, 0.15) is 11.5 Å². The number of aliphatic hydroxyl groups excluding tert-OH is 1. The molecule has 0 radical (unpaired) electrons. The molecule has 1 fully saturated rings. The van der Waals surface area contributed by atoms with E-state index in [0.29, 0.717) is 25.0 Å². The number of piperidine rings is 1. The van der Waals surface area contributed by atoms with Crippen LogP contribution in [0.25, 0.3) is 0 Å². The maximum atomic E-state index is 9.30. The lowest BCUT2D eigenvalue weighted by Gasteiger charge is -2.32. The molecular weight excluding hydrogens is 527 g/mol. The molecule has 0 saturated carbocycles. The summed E-state index contributed by atoms with van der Waals surface area (Å²) in [5.41, 5.74) is 9.24. The summed E-state index contributed by atoms with van der Waals surface area (Å²) in [6, 6.07) is 25.8. The number of hydrogen-bond donors (Lipinski definition) is 3. The first-order chi connectivity index (χ1) is 15.7. The molecule has 1 saturated heterocycles. The van der Waals surface area contributed by atoms with Crippen molar-refractivity contribution in [3.63, 3.8) is 0 Å². The zero-order chi connectivity index (χ0) is 22.2. The van der Waals surface area contributed by atoms with Gasteiger partial charge in [-0.3, -0.25) is 0 Å². The fraction of sp³-hybridized carbons (Fsp3) is 0.269. The molecule has 1 aliphatic rings. The van der Waals surface area contributed by atoms with Crippen LogP contribution < -0.4 is 20.7 Å². The molecule has 0 aromatic heterocycles. The highest BCUT2D eigenvalue weighted by molar-refractivity contribution is 14.0. The summed E-state index contributed by atoms with van der Waals surface area (Å²) in [5, 5.41) is 12.4. The van der Waals surface area contributed by atoms with Crippen molar-refractivity contribution in [1.82, 2.24) is 0 Å². The number of aliphatic hydroxyl groups is 1. The predicted octanol–water partition coefficient (Wildman–Crippen LogP) is 5.23. The molecule has 0 bridgehead atoms. The van der Waals surface area contributed by atoms with E-state index in [1.807, 2.05) is 54.6 Å². The second-order valence-corrected chi connectivity index (χ2v) is 8.05. The van der Waals surface area contributed by atoms with Gasteiger partial charge in [-0.25, -0.2) is 4.99 Å². The Morgan fingerprint density at radius 3 is 2.36 bits per heavy atom. The van der Waals surface area contributed by atoms with Gasteiger partial charge in [0, 0.05) is 37.1 Å². The van der Waals surface area contributed by atoms with Gasteiger partial charge < -0.3 is 25.8 Å². The Bertz CT molecular complexity index is 1020. The van der Waals surface area contributed by atoms with Crippen molar-refractivity contribution >= 4 is 41.3 Å². The van der Waals surface area contributed by atoms with Crippen molar-refractivity contribution in [2.45, 2.75) is 19.4 Å². The Kier molecular flexibility index (Phi) is 9.38. The molecule has 1 aliphatic heterocycles. The normalized spacial score (nSPS) is 14.5. The van der Waals surface area contributed by atoms with Crippen molar-refractivity contribution < 1.29 is 9.84 Å². The molecule has 0 unspecified atom stereocenters. The van der Waals surface area contributed by atoms with Crippen molar-refractivity contribution in [3.05, 3.63) is 84.4 Å². The van der Waals surface area contributed by atoms with Gasteiger partial charge in [0.2, 0.25) is 0 Å². The summed E-state index contributed by atoms with van der Waals surface area (Å²) in [6.45, 7) is 2.79. The van der Waals surface area contributed by atoms with Gasteiger partial charge >= 0.3 is 0 Å². The minimum Gasteiger partial charge on any atom is -0.457 e. The van der Waals surface area contributed by atoms with Crippen molar-refractivity contribution in [2.24, 2.45) is 16.6 Å². The Morgan fingerprint density at radius 1 is 0.970 bits per heavy atom. The van der Waals surface area contributed by atoms with Crippen LogP contribution in [0.4, 0.5) is 11.4 Å². The molecule has 3 aromatic rings. The molecule has 0 aliphatic carbocycles. The zero-order valence-electron chi connectivity index (χ0n) is 18.6. The molecule has 4 rings (SSSR count). The molecule has 0 spiro atoms. The SMILES string of the molecule is I.NC(=NCc1ccc(N2CCC(CO)CC2)cc1)Nc1cccc(Oc2ccccc2)c1. The number of halogens is 1. The van der Waals surface area contributed by atoms with E-state index < -0.39 is 0 Å². The highest BCUT2D eigenvalue weighted by atomic mass is 127. The van der Waals surface area contributed by atoms with Crippen LogP contribution in [0.2, 0.25) is 0 Å². The highest BCUT2D eigenvalue weighted by Crippen LogP contribution is 2.25. The lowest BCUT2D eigenvalue weighted by atomic mass is 9.97. The molecule has 174 valence electrons. The number of hydrogen-bond acceptors (Lipinski definition) is 4. The number of nitrogens with zero attached hydrogens (tertiary/aromatic N) is 2. The van der Waals surface area contributed by atoms with Crippen LogP contribution in [0.3, 0.4) is 0 Å². The lowest BCUT2D eigenvalue weighted by molar-refractivity contribution is 0.203. The van der Waals surface area contributed by atoms with Crippen LogP contribution in [0.15, 0.2) is 83.9 Å². The number of nitrogens with two attached hydrogens (primary N) is 1. The molecule has 7 heteroatoms. The Morgan fingerprint density at radius 2 is 1.67 bits per heavy atom. The summed E-state index contributed by atoms with van der Waals surface area (Å²) in [7, 11) is 0. The van der Waals surface area contributed by atoms with Crippen LogP contribution in [-0.4, -0.2) is 30.8 Å². The average Bonchev–Trinajstić information content (AvgIpc) is 2.84.